The van der Waals surface area contributed by atoms with E-state index in [0.717, 1.165) is 45.7 Å². The maximum atomic E-state index is 9.29. The van der Waals surface area contributed by atoms with Crippen LogP contribution < -0.4 is 5.32 Å². The van der Waals surface area contributed by atoms with Crippen molar-refractivity contribution < 1.29 is 9.84 Å². The Hall–Kier alpha value is -0.160. The third kappa shape index (κ3) is 5.78. The molecule has 0 aromatic heterocycles. The zero-order chi connectivity index (χ0) is 14.3. The largest absolute Gasteiger partial charge is 0.395 e. The van der Waals surface area contributed by atoms with Crippen LogP contribution in [-0.2, 0) is 4.74 Å². The molecule has 1 fully saturated rings. The van der Waals surface area contributed by atoms with Gasteiger partial charge in [-0.05, 0) is 44.7 Å². The van der Waals surface area contributed by atoms with Crippen LogP contribution in [0.3, 0.4) is 0 Å². The van der Waals surface area contributed by atoms with Crippen molar-refractivity contribution in [2.24, 2.45) is 11.3 Å². The van der Waals surface area contributed by atoms with Crippen molar-refractivity contribution in [3.05, 3.63) is 0 Å². The van der Waals surface area contributed by atoms with Crippen LogP contribution in [0.25, 0.3) is 0 Å². The molecule has 0 spiro atoms. The van der Waals surface area contributed by atoms with E-state index in [9.17, 15) is 5.11 Å². The Morgan fingerprint density at radius 3 is 2.42 bits per heavy atom. The van der Waals surface area contributed by atoms with E-state index < -0.39 is 0 Å². The summed E-state index contributed by atoms with van der Waals surface area (Å²) in [6.07, 6.45) is 2.22. The van der Waals surface area contributed by atoms with Crippen molar-refractivity contribution in [3.8, 4) is 0 Å². The summed E-state index contributed by atoms with van der Waals surface area (Å²) >= 11 is 0. The Balaban J connectivity index is 2.54. The Morgan fingerprint density at radius 2 is 1.89 bits per heavy atom. The molecule has 4 heteroatoms. The van der Waals surface area contributed by atoms with Gasteiger partial charge in [0, 0.05) is 32.3 Å². The predicted molar refractivity (Wildman–Crippen MR) is 79.4 cm³/mol. The first-order chi connectivity index (χ1) is 8.99. The molecule has 0 aliphatic carbocycles. The van der Waals surface area contributed by atoms with Gasteiger partial charge in [-0.15, -0.1) is 0 Å². The first kappa shape index (κ1) is 16.9. The summed E-state index contributed by atoms with van der Waals surface area (Å²) in [7, 11) is 2.11. The highest BCUT2D eigenvalue weighted by Gasteiger charge is 2.34. The third-order valence-electron chi connectivity index (χ3n) is 4.21. The van der Waals surface area contributed by atoms with Crippen LogP contribution in [-0.4, -0.2) is 62.6 Å². The fourth-order valence-corrected chi connectivity index (χ4v) is 2.65. The van der Waals surface area contributed by atoms with Gasteiger partial charge in [-0.1, -0.05) is 13.8 Å². The molecule has 2 N–H and O–H groups in total. The van der Waals surface area contributed by atoms with E-state index in [-0.39, 0.29) is 12.6 Å². The van der Waals surface area contributed by atoms with Crippen LogP contribution in [0.1, 0.15) is 33.6 Å². The normalized spacial score (nSPS) is 21.0. The van der Waals surface area contributed by atoms with Crippen molar-refractivity contribution in [2.75, 3.05) is 46.5 Å². The minimum atomic E-state index is 0.225. The molecule has 0 radical (unpaired) electrons. The Labute approximate surface area is 118 Å². The summed E-state index contributed by atoms with van der Waals surface area (Å²) < 4.78 is 5.52. The molecule has 1 atom stereocenters. The number of hydrogen-bond acceptors (Lipinski definition) is 4. The van der Waals surface area contributed by atoms with Gasteiger partial charge >= 0.3 is 0 Å². The minimum absolute atomic E-state index is 0.225. The summed E-state index contributed by atoms with van der Waals surface area (Å²) in [4.78, 5) is 2.28. The lowest BCUT2D eigenvalue weighted by atomic mass is 9.79. The zero-order valence-corrected chi connectivity index (χ0v) is 13.1. The number of hydrogen-bond donors (Lipinski definition) is 2. The summed E-state index contributed by atoms with van der Waals surface area (Å²) in [6.45, 7) is 11.7. The van der Waals surface area contributed by atoms with Gasteiger partial charge in [0.15, 0.2) is 0 Å². The molecule has 0 amide bonds. The highest BCUT2D eigenvalue weighted by Crippen LogP contribution is 2.31. The second-order valence-corrected chi connectivity index (χ2v) is 6.58. The van der Waals surface area contributed by atoms with Crippen LogP contribution in [0.4, 0.5) is 0 Å². The molecule has 4 nitrogen and oxygen atoms in total. The molecular formula is C15H32N2O2. The predicted octanol–water partition coefficient (Wildman–Crippen LogP) is 1.34. The molecule has 1 rings (SSSR count). The summed E-state index contributed by atoms with van der Waals surface area (Å²) in [5.74, 6) is 0.686. The Bertz CT molecular complexity index is 240. The lowest BCUT2D eigenvalue weighted by Crippen LogP contribution is -2.49. The highest BCUT2D eigenvalue weighted by atomic mass is 16.5. The van der Waals surface area contributed by atoms with Gasteiger partial charge in [-0.2, -0.15) is 0 Å². The SMILES string of the molecule is CC(C)CNCC1(CN(C)C(C)CO)CCOCC1. The van der Waals surface area contributed by atoms with Crippen molar-refractivity contribution in [1.29, 1.82) is 0 Å². The fourth-order valence-electron chi connectivity index (χ4n) is 2.65. The number of aliphatic hydroxyl groups is 1. The van der Waals surface area contributed by atoms with Gasteiger partial charge in [0.2, 0.25) is 0 Å². The van der Waals surface area contributed by atoms with Crippen LogP contribution in [0.5, 0.6) is 0 Å². The molecule has 1 saturated heterocycles. The maximum absolute atomic E-state index is 9.29. The number of aliphatic hydroxyl groups excluding tert-OH is 1. The fraction of sp³-hybridized carbons (Fsp3) is 1.00. The first-order valence-corrected chi connectivity index (χ1v) is 7.59. The van der Waals surface area contributed by atoms with Gasteiger partial charge < -0.3 is 20.1 Å². The average Bonchev–Trinajstić information content (AvgIpc) is 2.38. The van der Waals surface area contributed by atoms with E-state index in [4.69, 9.17) is 4.74 Å². The molecule has 1 aliphatic heterocycles. The molecule has 1 aliphatic rings. The number of likely N-dealkylation sites (N-methyl/N-ethyl adjacent to an activating group) is 1. The van der Waals surface area contributed by atoms with E-state index in [0.29, 0.717) is 11.3 Å². The molecule has 0 aromatic rings. The summed E-state index contributed by atoms with van der Waals surface area (Å²) in [5.41, 5.74) is 0.297. The number of rotatable bonds is 8. The Morgan fingerprint density at radius 1 is 1.26 bits per heavy atom. The van der Waals surface area contributed by atoms with Crippen molar-refractivity contribution >= 4 is 0 Å². The van der Waals surface area contributed by atoms with Gasteiger partial charge in [-0.3, -0.25) is 0 Å². The molecule has 0 bridgehead atoms. The second kappa shape index (κ2) is 8.20. The first-order valence-electron chi connectivity index (χ1n) is 7.59. The molecule has 19 heavy (non-hydrogen) atoms. The van der Waals surface area contributed by atoms with E-state index in [1.165, 1.54) is 0 Å². The van der Waals surface area contributed by atoms with Crippen LogP contribution >= 0.6 is 0 Å². The average molecular weight is 272 g/mol. The van der Waals surface area contributed by atoms with Gasteiger partial charge in [0.25, 0.3) is 0 Å². The van der Waals surface area contributed by atoms with Crippen molar-refractivity contribution in [1.82, 2.24) is 10.2 Å². The van der Waals surface area contributed by atoms with Gasteiger partial charge in [0.1, 0.15) is 0 Å². The lowest BCUT2D eigenvalue weighted by molar-refractivity contribution is -0.00947. The smallest absolute Gasteiger partial charge is 0.0584 e. The lowest BCUT2D eigenvalue weighted by Gasteiger charge is -2.41. The number of ether oxygens (including phenoxy) is 1. The van der Waals surface area contributed by atoms with Gasteiger partial charge in [-0.25, -0.2) is 0 Å². The van der Waals surface area contributed by atoms with E-state index >= 15 is 0 Å². The Kier molecular flexibility index (Phi) is 7.29. The van der Waals surface area contributed by atoms with Crippen LogP contribution in [0, 0.1) is 11.3 Å². The number of nitrogens with zero attached hydrogens (tertiary/aromatic N) is 1. The molecule has 0 aromatic carbocycles. The monoisotopic (exact) mass is 272 g/mol. The molecule has 114 valence electrons. The van der Waals surface area contributed by atoms with Gasteiger partial charge in [0.05, 0.1) is 6.61 Å². The maximum Gasteiger partial charge on any atom is 0.0584 e. The topological polar surface area (TPSA) is 44.7 Å². The third-order valence-corrected chi connectivity index (χ3v) is 4.21. The van der Waals surface area contributed by atoms with E-state index in [1.807, 2.05) is 0 Å². The van der Waals surface area contributed by atoms with Crippen molar-refractivity contribution in [3.63, 3.8) is 0 Å². The molecule has 1 heterocycles. The number of nitrogens with one attached hydrogen (secondary N) is 1. The molecular weight excluding hydrogens is 240 g/mol. The zero-order valence-electron chi connectivity index (χ0n) is 13.1. The van der Waals surface area contributed by atoms with Crippen LogP contribution in [0.15, 0.2) is 0 Å². The standard InChI is InChI=1S/C15H32N2O2/c1-13(2)9-16-11-15(5-7-19-8-6-15)12-17(4)14(3)10-18/h13-14,16,18H,5-12H2,1-4H3. The van der Waals surface area contributed by atoms with Crippen LogP contribution in [0.2, 0.25) is 0 Å². The summed E-state index contributed by atoms with van der Waals surface area (Å²) in [5, 5.41) is 12.9. The molecule has 0 saturated carbocycles. The minimum Gasteiger partial charge on any atom is -0.395 e. The van der Waals surface area contributed by atoms with Crippen molar-refractivity contribution in [2.45, 2.75) is 39.7 Å². The molecule has 1 unspecified atom stereocenters. The summed E-state index contributed by atoms with van der Waals surface area (Å²) in [6, 6.07) is 0.227. The van der Waals surface area contributed by atoms with E-state index in [1.54, 1.807) is 0 Å². The highest BCUT2D eigenvalue weighted by molar-refractivity contribution is 4.87. The second-order valence-electron chi connectivity index (χ2n) is 6.58. The quantitative estimate of drug-likeness (QED) is 0.700. The van der Waals surface area contributed by atoms with E-state index in [2.05, 4.69) is 38.0 Å².